The maximum Gasteiger partial charge on any atom is 0.308 e. The van der Waals surface area contributed by atoms with Crippen LogP contribution in [-0.2, 0) is 14.3 Å². The van der Waals surface area contributed by atoms with Crippen molar-refractivity contribution < 1.29 is 14.3 Å². The fraction of sp³-hybridized carbons (Fsp3) is 0.150. The standard InChI is InChI=1S/C20H18O3S/c1-13-19(23-14(2)21)18(15-9-5-4-6-10-15)20(22-3)16-11-7-8-12-17(16)24-13/h4-12H,1-3H3. The quantitative estimate of drug-likeness (QED) is 0.729. The van der Waals surface area contributed by atoms with Crippen LogP contribution in [0.25, 0.3) is 11.3 Å². The first-order valence-electron chi connectivity index (χ1n) is 7.62. The Morgan fingerprint density at radius 2 is 1.62 bits per heavy atom. The molecule has 0 saturated carbocycles. The molecule has 2 aromatic carbocycles. The number of carbonyl (C=O) groups is 1. The fourth-order valence-electron chi connectivity index (χ4n) is 2.71. The number of fused-ring (bicyclic) bond motifs is 1. The van der Waals surface area contributed by atoms with E-state index < -0.39 is 0 Å². The molecule has 3 rings (SSSR count). The van der Waals surface area contributed by atoms with Crippen molar-refractivity contribution in [3.8, 4) is 0 Å². The van der Waals surface area contributed by atoms with Crippen molar-refractivity contribution in [2.24, 2.45) is 0 Å². The lowest BCUT2D eigenvalue weighted by atomic mass is 9.98. The normalized spacial score (nSPS) is 14.1. The zero-order chi connectivity index (χ0) is 17.1. The predicted molar refractivity (Wildman–Crippen MR) is 97.0 cm³/mol. The second-order valence-electron chi connectivity index (χ2n) is 5.35. The summed E-state index contributed by atoms with van der Waals surface area (Å²) in [5, 5.41) is 0. The molecular formula is C20H18O3S. The van der Waals surface area contributed by atoms with Gasteiger partial charge in [0.05, 0.1) is 12.7 Å². The molecule has 0 atom stereocenters. The molecule has 0 aliphatic carbocycles. The molecule has 1 aliphatic rings. The molecule has 4 heteroatoms. The molecule has 0 aromatic heterocycles. The Labute approximate surface area is 146 Å². The van der Waals surface area contributed by atoms with Gasteiger partial charge in [-0.05, 0) is 18.6 Å². The molecule has 1 heterocycles. The van der Waals surface area contributed by atoms with E-state index in [2.05, 4.69) is 0 Å². The van der Waals surface area contributed by atoms with Crippen molar-refractivity contribution in [2.75, 3.05) is 7.11 Å². The van der Waals surface area contributed by atoms with Gasteiger partial charge in [0.2, 0.25) is 0 Å². The molecule has 0 bridgehead atoms. The third kappa shape index (κ3) is 3.10. The Bertz CT molecular complexity index is 835. The highest BCUT2D eigenvalue weighted by Crippen LogP contribution is 2.45. The lowest BCUT2D eigenvalue weighted by Crippen LogP contribution is -2.05. The average molecular weight is 338 g/mol. The summed E-state index contributed by atoms with van der Waals surface area (Å²) in [7, 11) is 1.64. The van der Waals surface area contributed by atoms with Gasteiger partial charge >= 0.3 is 5.97 Å². The van der Waals surface area contributed by atoms with Gasteiger partial charge in [0.1, 0.15) is 5.76 Å². The van der Waals surface area contributed by atoms with Crippen LogP contribution in [0.4, 0.5) is 0 Å². The zero-order valence-corrected chi connectivity index (χ0v) is 14.6. The van der Waals surface area contributed by atoms with Gasteiger partial charge in [-0.25, -0.2) is 0 Å². The number of allylic oxidation sites excluding steroid dienone is 2. The summed E-state index contributed by atoms with van der Waals surface area (Å²) in [5.74, 6) is 0.906. The van der Waals surface area contributed by atoms with E-state index in [1.165, 1.54) is 6.92 Å². The van der Waals surface area contributed by atoms with Crippen LogP contribution in [-0.4, -0.2) is 13.1 Å². The van der Waals surface area contributed by atoms with Gasteiger partial charge in [0, 0.05) is 22.3 Å². The van der Waals surface area contributed by atoms with Crippen LogP contribution in [0.15, 0.2) is 70.2 Å². The second kappa shape index (κ2) is 6.97. The minimum absolute atomic E-state index is 0.347. The summed E-state index contributed by atoms with van der Waals surface area (Å²) in [4.78, 5) is 13.7. The van der Waals surface area contributed by atoms with Gasteiger partial charge in [-0.2, -0.15) is 0 Å². The highest BCUT2D eigenvalue weighted by Gasteiger charge is 2.27. The van der Waals surface area contributed by atoms with Crippen molar-refractivity contribution in [1.82, 2.24) is 0 Å². The fourth-order valence-corrected chi connectivity index (χ4v) is 3.70. The van der Waals surface area contributed by atoms with Gasteiger partial charge in [-0.15, -0.1) is 0 Å². The van der Waals surface area contributed by atoms with Gasteiger partial charge < -0.3 is 9.47 Å². The first-order valence-corrected chi connectivity index (χ1v) is 8.44. The van der Waals surface area contributed by atoms with Crippen LogP contribution in [0.1, 0.15) is 25.0 Å². The third-order valence-electron chi connectivity index (χ3n) is 3.68. The summed E-state index contributed by atoms with van der Waals surface area (Å²) in [6.07, 6.45) is 0. The molecule has 0 saturated heterocycles. The number of carbonyl (C=O) groups excluding carboxylic acids is 1. The van der Waals surface area contributed by atoms with Gasteiger partial charge in [-0.3, -0.25) is 4.79 Å². The van der Waals surface area contributed by atoms with Gasteiger partial charge in [0.25, 0.3) is 0 Å². The largest absolute Gasteiger partial charge is 0.495 e. The first kappa shape index (κ1) is 16.4. The molecule has 0 N–H and O–H groups in total. The number of ether oxygens (including phenoxy) is 2. The third-order valence-corrected chi connectivity index (χ3v) is 4.75. The van der Waals surface area contributed by atoms with E-state index in [4.69, 9.17) is 9.47 Å². The minimum atomic E-state index is -0.347. The summed E-state index contributed by atoms with van der Waals surface area (Å²) in [6.45, 7) is 3.37. The van der Waals surface area contributed by atoms with Crippen molar-refractivity contribution in [3.05, 3.63) is 76.4 Å². The van der Waals surface area contributed by atoms with E-state index in [9.17, 15) is 4.79 Å². The Hall–Kier alpha value is -2.46. The maximum absolute atomic E-state index is 11.7. The van der Waals surface area contributed by atoms with Crippen LogP contribution in [0.2, 0.25) is 0 Å². The average Bonchev–Trinajstić information content (AvgIpc) is 2.70. The van der Waals surface area contributed by atoms with Crippen LogP contribution in [0, 0.1) is 0 Å². The lowest BCUT2D eigenvalue weighted by molar-refractivity contribution is -0.136. The molecule has 3 nitrogen and oxygen atoms in total. The number of hydrogen-bond acceptors (Lipinski definition) is 4. The maximum atomic E-state index is 11.7. The first-order chi connectivity index (χ1) is 11.6. The number of methoxy groups -OCH3 is 1. The number of thioether (sulfide) groups is 1. The SMILES string of the molecule is COC1=C(c2ccccc2)C(OC(C)=O)=C(C)Sc2ccccc21. The predicted octanol–water partition coefficient (Wildman–Crippen LogP) is 5.10. The Morgan fingerprint density at radius 3 is 2.29 bits per heavy atom. The molecule has 0 radical (unpaired) electrons. The molecule has 2 aromatic rings. The van der Waals surface area contributed by atoms with E-state index in [1.807, 2.05) is 61.5 Å². The minimum Gasteiger partial charge on any atom is -0.495 e. The number of benzene rings is 2. The van der Waals surface area contributed by atoms with Crippen LogP contribution in [0.3, 0.4) is 0 Å². The Kier molecular flexibility index (Phi) is 4.76. The molecule has 0 spiro atoms. The monoisotopic (exact) mass is 338 g/mol. The number of hydrogen-bond donors (Lipinski definition) is 0. The summed E-state index contributed by atoms with van der Waals surface area (Å²) < 4.78 is 11.4. The van der Waals surface area contributed by atoms with Crippen molar-refractivity contribution in [3.63, 3.8) is 0 Å². The van der Waals surface area contributed by atoms with Crippen molar-refractivity contribution in [2.45, 2.75) is 18.7 Å². The molecule has 122 valence electrons. The molecular weight excluding hydrogens is 320 g/mol. The summed E-state index contributed by atoms with van der Waals surface area (Å²) in [5.41, 5.74) is 2.73. The lowest BCUT2D eigenvalue weighted by Gasteiger charge is -2.16. The van der Waals surface area contributed by atoms with Crippen molar-refractivity contribution >= 4 is 29.1 Å². The zero-order valence-electron chi connectivity index (χ0n) is 13.8. The van der Waals surface area contributed by atoms with E-state index in [0.29, 0.717) is 11.5 Å². The van der Waals surface area contributed by atoms with Crippen LogP contribution >= 0.6 is 11.8 Å². The molecule has 0 fully saturated rings. The van der Waals surface area contributed by atoms with E-state index >= 15 is 0 Å². The molecule has 0 unspecified atom stereocenters. The second-order valence-corrected chi connectivity index (χ2v) is 6.61. The number of rotatable bonds is 3. The van der Waals surface area contributed by atoms with Gasteiger partial charge in [-0.1, -0.05) is 60.3 Å². The highest BCUT2D eigenvalue weighted by molar-refractivity contribution is 8.03. The van der Waals surface area contributed by atoms with E-state index in [1.54, 1.807) is 18.9 Å². The highest BCUT2D eigenvalue weighted by atomic mass is 32.2. The Balaban J connectivity index is 2.34. The Morgan fingerprint density at radius 1 is 0.958 bits per heavy atom. The smallest absolute Gasteiger partial charge is 0.308 e. The van der Waals surface area contributed by atoms with Crippen LogP contribution in [0.5, 0.6) is 0 Å². The van der Waals surface area contributed by atoms with E-state index in [0.717, 1.165) is 26.5 Å². The molecule has 0 amide bonds. The van der Waals surface area contributed by atoms with Crippen LogP contribution < -0.4 is 0 Å². The van der Waals surface area contributed by atoms with Gasteiger partial charge in [0.15, 0.2) is 5.76 Å². The topological polar surface area (TPSA) is 35.5 Å². The summed E-state index contributed by atoms with van der Waals surface area (Å²) >= 11 is 1.58. The summed E-state index contributed by atoms with van der Waals surface area (Å²) in [6, 6.07) is 17.9. The number of esters is 1. The van der Waals surface area contributed by atoms with E-state index in [-0.39, 0.29) is 5.97 Å². The van der Waals surface area contributed by atoms with Crippen molar-refractivity contribution in [1.29, 1.82) is 0 Å². The molecule has 1 aliphatic heterocycles. The molecule has 24 heavy (non-hydrogen) atoms.